The number of nitrogens with zero attached hydrogens (tertiary/aromatic N) is 2. The first kappa shape index (κ1) is 14.5. The second-order valence-corrected chi connectivity index (χ2v) is 7.56. The van der Waals surface area contributed by atoms with Crippen LogP contribution in [0.5, 0.6) is 0 Å². The number of hydrogen-bond acceptors (Lipinski definition) is 4. The number of sulfonamides is 1. The van der Waals surface area contributed by atoms with E-state index in [1.165, 1.54) is 37.1 Å². The van der Waals surface area contributed by atoms with Crippen molar-refractivity contribution in [3.8, 4) is 0 Å². The van der Waals surface area contributed by atoms with Gasteiger partial charge in [-0.25, -0.2) is 8.42 Å². The first-order valence-corrected chi connectivity index (χ1v) is 8.74. The summed E-state index contributed by atoms with van der Waals surface area (Å²) < 4.78 is 26.8. The number of fused-ring (bicyclic) bond motifs is 1. The fraction of sp³-hybridized carbons (Fsp3) is 0.571. The molecule has 0 bridgehead atoms. The zero-order valence-electron chi connectivity index (χ0n) is 11.6. The Bertz CT molecular complexity index is 627. The van der Waals surface area contributed by atoms with Crippen LogP contribution in [-0.2, 0) is 10.0 Å². The largest absolute Gasteiger partial charge is 0.269 e. The van der Waals surface area contributed by atoms with Crippen LogP contribution in [0.15, 0.2) is 29.2 Å². The molecule has 114 valence electrons. The van der Waals surface area contributed by atoms with E-state index in [9.17, 15) is 18.5 Å². The van der Waals surface area contributed by atoms with Gasteiger partial charge in [0, 0.05) is 24.2 Å². The Morgan fingerprint density at radius 2 is 1.52 bits per heavy atom. The molecule has 7 heteroatoms. The maximum atomic E-state index is 12.6. The average Bonchev–Trinajstić information content (AvgIpc) is 3.11. The molecule has 3 rings (SSSR count). The van der Waals surface area contributed by atoms with Crippen molar-refractivity contribution >= 4 is 15.7 Å². The molecule has 1 aromatic rings. The van der Waals surface area contributed by atoms with Crippen LogP contribution in [0, 0.1) is 10.1 Å². The molecular formula is C14H18N2O4S. The van der Waals surface area contributed by atoms with Crippen LogP contribution in [0.1, 0.15) is 38.5 Å². The Kier molecular flexibility index (Phi) is 3.71. The molecule has 1 aliphatic carbocycles. The minimum Gasteiger partial charge on any atom is -0.258 e. The molecule has 0 radical (unpaired) electrons. The lowest BCUT2D eigenvalue weighted by molar-refractivity contribution is -0.384. The molecule has 0 spiro atoms. The fourth-order valence-corrected chi connectivity index (χ4v) is 5.10. The maximum absolute atomic E-state index is 12.6. The summed E-state index contributed by atoms with van der Waals surface area (Å²) >= 11 is 0. The van der Waals surface area contributed by atoms with Gasteiger partial charge in [0.25, 0.3) is 5.69 Å². The lowest BCUT2D eigenvalue weighted by Gasteiger charge is -2.06. The Morgan fingerprint density at radius 1 is 1.00 bits per heavy atom. The summed E-state index contributed by atoms with van der Waals surface area (Å²) in [6.45, 7) is 0. The van der Waals surface area contributed by atoms with Crippen molar-refractivity contribution in [2.45, 2.75) is 55.5 Å². The normalized spacial score (nSPS) is 29.0. The molecule has 0 amide bonds. The van der Waals surface area contributed by atoms with E-state index >= 15 is 0 Å². The highest BCUT2D eigenvalue weighted by molar-refractivity contribution is 7.89. The predicted molar refractivity (Wildman–Crippen MR) is 77.4 cm³/mol. The van der Waals surface area contributed by atoms with Gasteiger partial charge in [0.2, 0.25) is 10.0 Å². The van der Waals surface area contributed by atoms with Crippen molar-refractivity contribution in [3.05, 3.63) is 34.4 Å². The van der Waals surface area contributed by atoms with E-state index in [2.05, 4.69) is 0 Å². The third-order valence-electron chi connectivity index (χ3n) is 4.38. The van der Waals surface area contributed by atoms with Gasteiger partial charge in [0.15, 0.2) is 0 Å². The van der Waals surface area contributed by atoms with Gasteiger partial charge in [0.05, 0.1) is 9.82 Å². The first-order chi connectivity index (χ1) is 10.0. The van der Waals surface area contributed by atoms with Gasteiger partial charge in [-0.1, -0.05) is 25.7 Å². The molecule has 1 saturated heterocycles. The minimum absolute atomic E-state index is 0.0919. The third-order valence-corrected chi connectivity index (χ3v) is 6.35. The summed E-state index contributed by atoms with van der Waals surface area (Å²) in [6.07, 6.45) is 6.36. The molecule has 2 aliphatic rings. The lowest BCUT2D eigenvalue weighted by atomic mass is 10.0. The second-order valence-electron chi connectivity index (χ2n) is 5.71. The van der Waals surface area contributed by atoms with E-state index < -0.39 is 14.9 Å². The standard InChI is InChI=1S/C14H18N2O4S/c17-16(18)11-7-9-12(10-8-11)21(19,20)15-13-5-3-1-2-4-6-14(13)15/h7-10,13-14H,1-6H2/t13-,14-/m1/s1. The number of rotatable bonds is 3. The zero-order valence-corrected chi connectivity index (χ0v) is 12.5. The molecule has 1 aromatic carbocycles. The number of non-ortho nitro benzene ring substituents is 1. The van der Waals surface area contributed by atoms with Crippen LogP contribution in [0.25, 0.3) is 0 Å². The van der Waals surface area contributed by atoms with Crippen LogP contribution in [-0.4, -0.2) is 29.7 Å². The Hall–Kier alpha value is -1.47. The van der Waals surface area contributed by atoms with Crippen LogP contribution < -0.4 is 0 Å². The zero-order chi connectivity index (χ0) is 15.0. The molecular weight excluding hydrogens is 292 g/mol. The van der Waals surface area contributed by atoms with E-state index in [0.29, 0.717) is 0 Å². The topological polar surface area (TPSA) is 80.3 Å². The Balaban J connectivity index is 1.82. The number of nitro benzene ring substituents is 1. The molecule has 0 unspecified atom stereocenters. The number of hydrogen-bond donors (Lipinski definition) is 0. The van der Waals surface area contributed by atoms with E-state index in [1.54, 1.807) is 4.31 Å². The highest BCUT2D eigenvalue weighted by Crippen LogP contribution is 2.43. The van der Waals surface area contributed by atoms with Gasteiger partial charge in [0.1, 0.15) is 0 Å². The van der Waals surface area contributed by atoms with Gasteiger partial charge >= 0.3 is 0 Å². The number of benzene rings is 1. The molecule has 6 nitrogen and oxygen atoms in total. The second kappa shape index (κ2) is 5.38. The van der Waals surface area contributed by atoms with Gasteiger partial charge in [-0.15, -0.1) is 0 Å². The summed E-state index contributed by atoms with van der Waals surface area (Å²) in [4.78, 5) is 10.3. The monoisotopic (exact) mass is 310 g/mol. The van der Waals surface area contributed by atoms with Crippen molar-refractivity contribution in [2.24, 2.45) is 0 Å². The fourth-order valence-electron chi connectivity index (χ4n) is 3.23. The van der Waals surface area contributed by atoms with Crippen molar-refractivity contribution in [2.75, 3.05) is 0 Å². The van der Waals surface area contributed by atoms with Crippen LogP contribution in [0.4, 0.5) is 5.69 Å². The SMILES string of the molecule is O=[N+]([O-])c1ccc(S(=O)(=O)N2[C@@H]3CCCCCC[C@H]32)cc1. The summed E-state index contributed by atoms with van der Waals surface area (Å²) in [5, 5.41) is 10.6. The minimum atomic E-state index is -3.51. The molecule has 1 saturated carbocycles. The van der Waals surface area contributed by atoms with Crippen molar-refractivity contribution < 1.29 is 13.3 Å². The van der Waals surface area contributed by atoms with Gasteiger partial charge in [-0.2, -0.15) is 4.31 Å². The highest BCUT2D eigenvalue weighted by atomic mass is 32.2. The smallest absolute Gasteiger partial charge is 0.258 e. The maximum Gasteiger partial charge on any atom is 0.269 e. The summed E-state index contributed by atoms with van der Waals surface area (Å²) in [6, 6.07) is 5.42. The predicted octanol–water partition coefficient (Wildman–Crippen LogP) is 2.69. The summed E-state index contributed by atoms with van der Waals surface area (Å²) in [5.41, 5.74) is -0.0919. The van der Waals surface area contributed by atoms with Crippen LogP contribution in [0.2, 0.25) is 0 Å². The van der Waals surface area contributed by atoms with E-state index in [4.69, 9.17) is 0 Å². The highest BCUT2D eigenvalue weighted by Gasteiger charge is 2.54. The van der Waals surface area contributed by atoms with Crippen molar-refractivity contribution in [1.29, 1.82) is 0 Å². The Labute approximate surface area is 124 Å². The van der Waals surface area contributed by atoms with E-state index in [0.717, 1.165) is 25.7 Å². The lowest BCUT2D eigenvalue weighted by Crippen LogP contribution is -2.16. The van der Waals surface area contributed by atoms with Gasteiger partial charge in [-0.3, -0.25) is 10.1 Å². The van der Waals surface area contributed by atoms with Gasteiger partial charge < -0.3 is 0 Å². The summed E-state index contributed by atoms with van der Waals surface area (Å²) in [5.74, 6) is 0. The molecule has 0 N–H and O–H groups in total. The first-order valence-electron chi connectivity index (χ1n) is 7.30. The average molecular weight is 310 g/mol. The van der Waals surface area contributed by atoms with Gasteiger partial charge in [-0.05, 0) is 25.0 Å². The Morgan fingerprint density at radius 3 is 2.00 bits per heavy atom. The van der Waals surface area contributed by atoms with Crippen molar-refractivity contribution in [1.82, 2.24) is 4.31 Å². The van der Waals surface area contributed by atoms with E-state index in [-0.39, 0.29) is 22.7 Å². The molecule has 1 heterocycles. The molecule has 1 aliphatic heterocycles. The molecule has 21 heavy (non-hydrogen) atoms. The third kappa shape index (κ3) is 2.67. The molecule has 2 fully saturated rings. The number of nitro groups is 1. The quantitative estimate of drug-likeness (QED) is 0.488. The van der Waals surface area contributed by atoms with Crippen LogP contribution >= 0.6 is 0 Å². The van der Waals surface area contributed by atoms with E-state index in [1.807, 2.05) is 0 Å². The molecule has 2 atom stereocenters. The van der Waals surface area contributed by atoms with Crippen LogP contribution in [0.3, 0.4) is 0 Å². The van der Waals surface area contributed by atoms with Crippen molar-refractivity contribution in [3.63, 3.8) is 0 Å². The molecule has 0 aromatic heterocycles. The summed E-state index contributed by atoms with van der Waals surface area (Å²) in [7, 11) is -3.51.